The Kier molecular flexibility index (Phi) is 7.17. The van der Waals surface area contributed by atoms with E-state index in [1.165, 1.54) is 12.3 Å². The van der Waals surface area contributed by atoms with E-state index in [0.717, 1.165) is 22.3 Å². The smallest absolute Gasteiger partial charge is 0.337 e. The quantitative estimate of drug-likeness (QED) is 0.304. The Balaban J connectivity index is 1.61. The summed E-state index contributed by atoms with van der Waals surface area (Å²) in [7, 11) is 1.69. The van der Waals surface area contributed by atoms with Crippen molar-refractivity contribution in [1.29, 1.82) is 0 Å². The number of benzene rings is 2. The zero-order valence-corrected chi connectivity index (χ0v) is 22.0. The van der Waals surface area contributed by atoms with E-state index in [2.05, 4.69) is 36.1 Å². The van der Waals surface area contributed by atoms with Gasteiger partial charge in [0.2, 0.25) is 0 Å². The van der Waals surface area contributed by atoms with Gasteiger partial charge in [0.05, 0.1) is 5.56 Å². The maximum absolute atomic E-state index is 13.0. The highest BCUT2D eigenvalue weighted by atomic mass is 16.4. The zero-order chi connectivity index (χ0) is 27.6. The van der Waals surface area contributed by atoms with Gasteiger partial charge >= 0.3 is 5.97 Å². The molecule has 0 aliphatic heterocycles. The van der Waals surface area contributed by atoms with Crippen LogP contribution in [0, 0.1) is 6.92 Å². The van der Waals surface area contributed by atoms with Crippen molar-refractivity contribution in [3.63, 3.8) is 0 Å². The van der Waals surface area contributed by atoms with Crippen LogP contribution in [-0.2, 0) is 5.41 Å². The Morgan fingerprint density at radius 2 is 1.68 bits per heavy atom. The number of nitrogens with zero attached hydrogens (tertiary/aromatic N) is 2. The Morgan fingerprint density at radius 1 is 1.00 bits per heavy atom. The van der Waals surface area contributed by atoms with Gasteiger partial charge in [-0.15, -0.1) is 0 Å². The molecule has 2 aromatic carbocycles. The number of hydrogen-bond donors (Lipinski definition) is 3. The first kappa shape index (κ1) is 26.3. The fourth-order valence-corrected chi connectivity index (χ4v) is 4.11. The summed E-state index contributed by atoms with van der Waals surface area (Å²) < 4.78 is 0. The number of pyridine rings is 2. The first-order valence-corrected chi connectivity index (χ1v) is 12.1. The van der Waals surface area contributed by atoms with Crippen molar-refractivity contribution in [3.8, 4) is 11.1 Å². The molecule has 8 heteroatoms. The van der Waals surface area contributed by atoms with Gasteiger partial charge < -0.3 is 20.3 Å². The number of aromatic carboxylic acids is 1. The van der Waals surface area contributed by atoms with E-state index in [0.29, 0.717) is 22.8 Å². The molecule has 2 heterocycles. The van der Waals surface area contributed by atoms with E-state index >= 15 is 0 Å². The standard InChI is InChI=1S/C30H30N4O4/c1-18-23(7-6-8-24(18)33-27(35)19-9-12-22(13-10-19)30(2,3)4)21-15-25(28(36)32-17-21)34(5)26-14-11-20(16-31-26)29(37)38/h6-17H,1-5H3,(H,32,36)(H,33,35)(H,37,38). The molecule has 0 spiro atoms. The zero-order valence-electron chi connectivity index (χ0n) is 22.0. The van der Waals surface area contributed by atoms with Crippen LogP contribution in [0.15, 0.2) is 77.9 Å². The molecule has 1 amide bonds. The van der Waals surface area contributed by atoms with Crippen LogP contribution in [-0.4, -0.2) is 34.0 Å². The van der Waals surface area contributed by atoms with E-state index < -0.39 is 5.97 Å². The molecule has 4 aromatic rings. The third-order valence-corrected chi connectivity index (χ3v) is 6.49. The molecule has 0 aliphatic rings. The number of carbonyl (C=O) groups is 2. The number of H-pyrrole nitrogens is 1. The van der Waals surface area contributed by atoms with E-state index in [1.54, 1.807) is 30.3 Å². The molecular weight excluding hydrogens is 480 g/mol. The predicted octanol–water partition coefficient (Wildman–Crippen LogP) is 5.76. The molecule has 3 N–H and O–H groups in total. The van der Waals surface area contributed by atoms with Crippen LogP contribution in [0.3, 0.4) is 0 Å². The summed E-state index contributed by atoms with van der Waals surface area (Å²) in [6.45, 7) is 8.29. The van der Waals surface area contributed by atoms with Crippen LogP contribution in [0.2, 0.25) is 0 Å². The molecule has 0 unspecified atom stereocenters. The maximum atomic E-state index is 13.0. The van der Waals surface area contributed by atoms with E-state index in [-0.39, 0.29) is 22.4 Å². The Morgan fingerprint density at radius 3 is 2.29 bits per heavy atom. The lowest BCUT2D eigenvalue weighted by molar-refractivity contribution is 0.0696. The van der Waals surface area contributed by atoms with Gasteiger partial charge in [0.1, 0.15) is 11.5 Å². The average molecular weight is 511 g/mol. The van der Waals surface area contributed by atoms with E-state index in [4.69, 9.17) is 5.11 Å². The maximum Gasteiger partial charge on any atom is 0.337 e. The second kappa shape index (κ2) is 10.3. The molecule has 2 aromatic heterocycles. The van der Waals surface area contributed by atoms with Crippen LogP contribution < -0.4 is 15.8 Å². The fraction of sp³-hybridized carbons (Fsp3) is 0.200. The van der Waals surface area contributed by atoms with Gasteiger partial charge in [-0.3, -0.25) is 9.59 Å². The number of hydrogen-bond acceptors (Lipinski definition) is 5. The van der Waals surface area contributed by atoms with Crippen LogP contribution in [0.4, 0.5) is 17.2 Å². The first-order chi connectivity index (χ1) is 18.0. The van der Waals surface area contributed by atoms with Crippen LogP contribution >= 0.6 is 0 Å². The minimum Gasteiger partial charge on any atom is -0.478 e. The van der Waals surface area contributed by atoms with Crippen molar-refractivity contribution < 1.29 is 14.7 Å². The second-order valence-corrected chi connectivity index (χ2v) is 10.1. The van der Waals surface area contributed by atoms with Crippen LogP contribution in [0.25, 0.3) is 11.1 Å². The highest BCUT2D eigenvalue weighted by Crippen LogP contribution is 2.31. The van der Waals surface area contributed by atoms with Crippen molar-refractivity contribution in [2.24, 2.45) is 0 Å². The van der Waals surface area contributed by atoms with E-state index in [1.807, 2.05) is 49.4 Å². The number of nitrogens with one attached hydrogen (secondary N) is 2. The highest BCUT2D eigenvalue weighted by molar-refractivity contribution is 6.05. The number of carbonyl (C=O) groups excluding carboxylic acids is 1. The molecule has 0 bridgehead atoms. The van der Waals surface area contributed by atoms with Crippen molar-refractivity contribution >= 4 is 29.1 Å². The fourth-order valence-electron chi connectivity index (χ4n) is 4.11. The monoisotopic (exact) mass is 510 g/mol. The van der Waals surface area contributed by atoms with Gasteiger partial charge in [0.25, 0.3) is 11.5 Å². The van der Waals surface area contributed by atoms with Gasteiger partial charge in [-0.25, -0.2) is 9.78 Å². The number of anilines is 3. The van der Waals surface area contributed by atoms with Crippen molar-refractivity contribution in [2.75, 3.05) is 17.3 Å². The molecular formula is C30H30N4O4. The van der Waals surface area contributed by atoms with Gasteiger partial charge in [-0.05, 0) is 65.4 Å². The summed E-state index contributed by atoms with van der Waals surface area (Å²) in [4.78, 5) is 45.3. The second-order valence-electron chi connectivity index (χ2n) is 10.1. The molecule has 0 saturated heterocycles. The molecule has 0 aliphatic carbocycles. The number of carboxylic acids is 1. The third-order valence-electron chi connectivity index (χ3n) is 6.49. The number of rotatable bonds is 6. The minimum atomic E-state index is -1.07. The summed E-state index contributed by atoms with van der Waals surface area (Å²) in [5.41, 5.74) is 4.90. The average Bonchev–Trinajstić information content (AvgIpc) is 2.89. The lowest BCUT2D eigenvalue weighted by Gasteiger charge is -2.19. The summed E-state index contributed by atoms with van der Waals surface area (Å²) >= 11 is 0. The molecule has 4 rings (SSSR count). The van der Waals surface area contributed by atoms with Crippen molar-refractivity contribution in [2.45, 2.75) is 33.1 Å². The lowest BCUT2D eigenvalue weighted by Crippen LogP contribution is -2.21. The Labute approximate surface area is 221 Å². The van der Waals surface area contributed by atoms with Crippen LogP contribution in [0.5, 0.6) is 0 Å². The summed E-state index contributed by atoms with van der Waals surface area (Å²) in [5, 5.41) is 12.1. The normalized spacial score (nSPS) is 11.2. The van der Waals surface area contributed by atoms with Crippen molar-refractivity contribution in [1.82, 2.24) is 9.97 Å². The van der Waals surface area contributed by atoms with Gasteiger partial charge in [-0.1, -0.05) is 45.0 Å². The largest absolute Gasteiger partial charge is 0.478 e. The molecule has 0 radical (unpaired) electrons. The Hall–Kier alpha value is -4.72. The summed E-state index contributed by atoms with van der Waals surface area (Å²) in [6.07, 6.45) is 2.87. The minimum absolute atomic E-state index is 0.00148. The molecule has 194 valence electrons. The molecule has 0 fully saturated rings. The van der Waals surface area contributed by atoms with Gasteiger partial charge in [0, 0.05) is 36.3 Å². The molecule has 38 heavy (non-hydrogen) atoms. The molecule has 8 nitrogen and oxygen atoms in total. The number of amides is 1. The number of aromatic amines is 1. The highest BCUT2D eigenvalue weighted by Gasteiger charge is 2.17. The van der Waals surface area contributed by atoms with Crippen LogP contribution in [0.1, 0.15) is 52.6 Å². The lowest BCUT2D eigenvalue weighted by atomic mass is 9.86. The Bertz CT molecular complexity index is 1550. The summed E-state index contributed by atoms with van der Waals surface area (Å²) in [6, 6.07) is 17.9. The van der Waals surface area contributed by atoms with Gasteiger partial charge in [0.15, 0.2) is 0 Å². The number of carboxylic acid groups (broad SMARTS) is 1. The van der Waals surface area contributed by atoms with Gasteiger partial charge in [-0.2, -0.15) is 0 Å². The summed E-state index contributed by atoms with van der Waals surface area (Å²) in [5.74, 6) is -0.854. The first-order valence-electron chi connectivity index (χ1n) is 12.1. The number of aromatic nitrogens is 2. The molecule has 0 atom stereocenters. The van der Waals surface area contributed by atoms with E-state index in [9.17, 15) is 14.4 Å². The third kappa shape index (κ3) is 5.49. The SMILES string of the molecule is Cc1c(NC(=O)c2ccc(C(C)(C)C)cc2)cccc1-c1c[nH]c(=O)c(N(C)c2ccc(C(=O)O)cn2)c1. The molecule has 0 saturated carbocycles. The van der Waals surface area contributed by atoms with Crippen molar-refractivity contribution in [3.05, 3.63) is 106 Å². The predicted molar refractivity (Wildman–Crippen MR) is 150 cm³/mol. The topological polar surface area (TPSA) is 115 Å².